The molecule has 2 aromatic carbocycles. The molecule has 6 nitrogen and oxygen atoms in total. The lowest BCUT2D eigenvalue weighted by Crippen LogP contribution is -2.27. The first-order valence-electron chi connectivity index (χ1n) is 9.43. The summed E-state index contributed by atoms with van der Waals surface area (Å²) in [5.74, 6) is 0.455. The van der Waals surface area contributed by atoms with Gasteiger partial charge in [-0.3, -0.25) is 4.79 Å². The summed E-state index contributed by atoms with van der Waals surface area (Å²) in [6.45, 7) is 2.63. The number of amides is 1. The number of carbonyl (C=O) groups is 1. The summed E-state index contributed by atoms with van der Waals surface area (Å²) in [7, 11) is -2.09. The van der Waals surface area contributed by atoms with E-state index in [1.165, 1.54) is 23.5 Å². The van der Waals surface area contributed by atoms with Crippen LogP contribution in [0.1, 0.15) is 26.4 Å². The fourth-order valence-corrected chi connectivity index (χ4v) is 4.77. The van der Waals surface area contributed by atoms with E-state index in [4.69, 9.17) is 4.74 Å². The average molecular weight is 445 g/mol. The van der Waals surface area contributed by atoms with Crippen LogP contribution in [-0.4, -0.2) is 28.0 Å². The highest BCUT2D eigenvalue weighted by Crippen LogP contribution is 2.20. The molecule has 1 heterocycles. The summed E-state index contributed by atoms with van der Waals surface area (Å²) in [6, 6.07) is 15.7. The minimum Gasteiger partial charge on any atom is -0.496 e. The zero-order chi connectivity index (χ0) is 21.6. The second kappa shape index (κ2) is 9.88. The molecule has 0 bridgehead atoms. The number of sulfonamides is 1. The maximum Gasteiger partial charge on any atom is 0.251 e. The van der Waals surface area contributed by atoms with Gasteiger partial charge < -0.3 is 10.1 Å². The highest BCUT2D eigenvalue weighted by molar-refractivity contribution is 7.89. The molecular weight excluding hydrogens is 420 g/mol. The summed E-state index contributed by atoms with van der Waals surface area (Å²) in [4.78, 5) is 13.5. The molecule has 0 saturated carbocycles. The van der Waals surface area contributed by atoms with Crippen molar-refractivity contribution in [2.45, 2.75) is 24.8 Å². The Morgan fingerprint density at radius 1 is 1.10 bits per heavy atom. The molecule has 3 rings (SSSR count). The van der Waals surface area contributed by atoms with Crippen molar-refractivity contribution in [1.29, 1.82) is 0 Å². The summed E-state index contributed by atoms with van der Waals surface area (Å²) in [6.07, 6.45) is 0.608. The van der Waals surface area contributed by atoms with Gasteiger partial charge in [-0.05, 0) is 54.6 Å². The third-order valence-corrected chi connectivity index (χ3v) is 6.81. The van der Waals surface area contributed by atoms with Crippen LogP contribution in [0.4, 0.5) is 0 Å². The minimum absolute atomic E-state index is 0.0621. The Hall–Kier alpha value is -2.68. The van der Waals surface area contributed by atoms with E-state index in [1.54, 1.807) is 19.2 Å². The van der Waals surface area contributed by atoms with Crippen molar-refractivity contribution in [3.63, 3.8) is 0 Å². The minimum atomic E-state index is -3.71. The number of nitrogens with one attached hydrogen (secondary N) is 2. The van der Waals surface area contributed by atoms with Gasteiger partial charge in [0.15, 0.2) is 0 Å². The number of carbonyl (C=O) groups excluding carboxylic acids is 1. The first-order chi connectivity index (χ1) is 14.4. The second-order valence-corrected chi connectivity index (χ2v) is 9.55. The van der Waals surface area contributed by atoms with Gasteiger partial charge in [-0.15, -0.1) is 11.3 Å². The monoisotopic (exact) mass is 444 g/mol. The van der Waals surface area contributed by atoms with Crippen molar-refractivity contribution in [3.05, 3.63) is 81.5 Å². The van der Waals surface area contributed by atoms with Crippen LogP contribution in [0.15, 0.2) is 64.9 Å². The zero-order valence-corrected chi connectivity index (χ0v) is 18.5. The molecule has 0 unspecified atom stereocenters. The van der Waals surface area contributed by atoms with Gasteiger partial charge in [-0.25, -0.2) is 13.1 Å². The van der Waals surface area contributed by atoms with E-state index < -0.39 is 10.0 Å². The molecule has 30 heavy (non-hydrogen) atoms. The Balaban J connectivity index is 1.62. The van der Waals surface area contributed by atoms with Crippen molar-refractivity contribution in [1.82, 2.24) is 10.0 Å². The summed E-state index contributed by atoms with van der Waals surface area (Å²) >= 11 is 1.48. The molecule has 3 aromatic rings. The van der Waals surface area contributed by atoms with Gasteiger partial charge in [0.1, 0.15) is 5.75 Å². The summed E-state index contributed by atoms with van der Waals surface area (Å²) < 4.78 is 33.0. The van der Waals surface area contributed by atoms with E-state index in [2.05, 4.69) is 10.0 Å². The molecule has 1 aromatic heterocycles. The highest BCUT2D eigenvalue weighted by Gasteiger charge is 2.16. The predicted octanol–water partition coefficient (Wildman–Crippen LogP) is 3.52. The number of hydrogen-bond acceptors (Lipinski definition) is 5. The molecule has 8 heteroatoms. The average Bonchev–Trinajstić information content (AvgIpc) is 3.26. The lowest BCUT2D eigenvalue weighted by Gasteiger charge is -2.11. The third-order valence-electron chi connectivity index (χ3n) is 4.54. The van der Waals surface area contributed by atoms with Gasteiger partial charge in [0, 0.05) is 23.5 Å². The van der Waals surface area contributed by atoms with Gasteiger partial charge in [-0.1, -0.05) is 29.8 Å². The van der Waals surface area contributed by atoms with Crippen LogP contribution in [0, 0.1) is 6.92 Å². The Labute approximate surface area is 181 Å². The van der Waals surface area contributed by atoms with Gasteiger partial charge in [0.2, 0.25) is 10.0 Å². The fourth-order valence-electron chi connectivity index (χ4n) is 2.98. The maximum absolute atomic E-state index is 12.6. The fraction of sp³-hybridized carbons (Fsp3) is 0.227. The van der Waals surface area contributed by atoms with E-state index >= 15 is 0 Å². The van der Waals surface area contributed by atoms with Crippen LogP contribution in [-0.2, 0) is 23.0 Å². The van der Waals surface area contributed by atoms with E-state index in [0.717, 1.165) is 21.8 Å². The van der Waals surface area contributed by atoms with Crippen molar-refractivity contribution in [2.24, 2.45) is 0 Å². The van der Waals surface area contributed by atoms with Crippen molar-refractivity contribution in [2.75, 3.05) is 13.7 Å². The van der Waals surface area contributed by atoms with Crippen LogP contribution < -0.4 is 14.8 Å². The number of aryl methyl sites for hydroxylation is 1. The Morgan fingerprint density at radius 2 is 1.93 bits per heavy atom. The standard InChI is InChI=1S/C22H24N2O4S2/c1-16-8-9-21(28-2)17(13-16)10-11-23-22(25)18-5-3-7-20(14-18)30(26,27)24-15-19-6-4-12-29-19/h3-9,12-14,24H,10-11,15H2,1-2H3,(H,23,25). The lowest BCUT2D eigenvalue weighted by molar-refractivity contribution is 0.0954. The number of hydrogen-bond donors (Lipinski definition) is 2. The molecule has 0 radical (unpaired) electrons. The highest BCUT2D eigenvalue weighted by atomic mass is 32.2. The molecule has 0 aliphatic carbocycles. The molecule has 0 aliphatic heterocycles. The first kappa shape index (κ1) is 22.0. The van der Waals surface area contributed by atoms with Crippen LogP contribution >= 0.6 is 11.3 Å². The van der Waals surface area contributed by atoms with Gasteiger partial charge in [0.25, 0.3) is 5.91 Å². The Bertz CT molecular complexity index is 1110. The van der Waals surface area contributed by atoms with E-state index in [9.17, 15) is 13.2 Å². The quantitative estimate of drug-likeness (QED) is 0.529. The number of methoxy groups -OCH3 is 1. The molecule has 0 atom stereocenters. The molecular formula is C22H24N2O4S2. The molecule has 0 aliphatic rings. The zero-order valence-electron chi connectivity index (χ0n) is 16.8. The Kier molecular flexibility index (Phi) is 7.25. The van der Waals surface area contributed by atoms with Crippen LogP contribution in [0.2, 0.25) is 0 Å². The van der Waals surface area contributed by atoms with Gasteiger partial charge in [-0.2, -0.15) is 0 Å². The normalized spacial score (nSPS) is 11.3. The van der Waals surface area contributed by atoms with Crippen molar-refractivity contribution >= 4 is 27.3 Å². The van der Waals surface area contributed by atoms with Crippen LogP contribution in [0.5, 0.6) is 5.75 Å². The van der Waals surface area contributed by atoms with Crippen LogP contribution in [0.3, 0.4) is 0 Å². The number of thiophene rings is 1. The van der Waals surface area contributed by atoms with Gasteiger partial charge in [0.05, 0.1) is 12.0 Å². The number of benzene rings is 2. The molecule has 0 fully saturated rings. The SMILES string of the molecule is COc1ccc(C)cc1CCNC(=O)c1cccc(S(=O)(=O)NCc2cccs2)c1. The van der Waals surface area contributed by atoms with Crippen molar-refractivity contribution < 1.29 is 17.9 Å². The van der Waals surface area contributed by atoms with Crippen LogP contribution in [0.25, 0.3) is 0 Å². The first-order valence-corrected chi connectivity index (χ1v) is 11.8. The Morgan fingerprint density at radius 3 is 2.67 bits per heavy atom. The second-order valence-electron chi connectivity index (χ2n) is 6.75. The van der Waals surface area contributed by atoms with Crippen molar-refractivity contribution in [3.8, 4) is 5.75 Å². The summed E-state index contributed by atoms with van der Waals surface area (Å²) in [5.41, 5.74) is 2.42. The lowest BCUT2D eigenvalue weighted by atomic mass is 10.1. The molecule has 2 N–H and O–H groups in total. The van der Waals surface area contributed by atoms with E-state index in [1.807, 2.05) is 42.6 Å². The molecule has 0 spiro atoms. The predicted molar refractivity (Wildman–Crippen MR) is 119 cm³/mol. The maximum atomic E-state index is 12.6. The number of rotatable bonds is 9. The molecule has 158 valence electrons. The molecule has 1 amide bonds. The number of ether oxygens (including phenoxy) is 1. The third kappa shape index (κ3) is 5.69. The smallest absolute Gasteiger partial charge is 0.251 e. The van der Waals surface area contributed by atoms with Gasteiger partial charge >= 0.3 is 0 Å². The topological polar surface area (TPSA) is 84.5 Å². The summed E-state index contributed by atoms with van der Waals surface area (Å²) in [5, 5.41) is 4.73. The molecule has 0 saturated heterocycles. The van der Waals surface area contributed by atoms with E-state index in [0.29, 0.717) is 18.5 Å². The largest absolute Gasteiger partial charge is 0.496 e. The van der Waals surface area contributed by atoms with E-state index in [-0.39, 0.29) is 17.3 Å².